The summed E-state index contributed by atoms with van der Waals surface area (Å²) >= 11 is 6.20. The first-order valence-corrected chi connectivity index (χ1v) is 11.0. The van der Waals surface area contributed by atoms with E-state index >= 15 is 0 Å². The Hall–Kier alpha value is -1.88. The third kappa shape index (κ3) is 4.21. The number of aliphatic hydroxyl groups is 1. The second-order valence-electron chi connectivity index (χ2n) is 8.06. The zero-order valence-corrected chi connectivity index (χ0v) is 19.1. The Balaban J connectivity index is 1.77. The Morgan fingerprint density at radius 3 is 2.59 bits per heavy atom. The summed E-state index contributed by atoms with van der Waals surface area (Å²) < 4.78 is 34.0. The summed E-state index contributed by atoms with van der Waals surface area (Å²) in [6.45, 7) is 4.98. The van der Waals surface area contributed by atoms with Crippen molar-refractivity contribution < 1.29 is 38.3 Å². The minimum atomic E-state index is -1.18. The van der Waals surface area contributed by atoms with Crippen LogP contribution in [0.1, 0.15) is 30.9 Å². The minimum absolute atomic E-state index is 0.122. The molecule has 3 aliphatic rings. The lowest BCUT2D eigenvalue weighted by Gasteiger charge is -2.46. The number of hydrogen-bond donors (Lipinski definition) is 2. The third-order valence-corrected chi connectivity index (χ3v) is 6.20. The fourth-order valence-corrected chi connectivity index (χ4v) is 4.67. The van der Waals surface area contributed by atoms with E-state index in [1.165, 1.54) is 7.11 Å². The fourth-order valence-electron chi connectivity index (χ4n) is 4.41. The SMILES string of the molecule is CCOC(=O)OC1=C(c2c(C)cc(Cl)cc2OC)C(O)NC12COC1(CCOCC1)OC2. The van der Waals surface area contributed by atoms with Crippen molar-refractivity contribution in [2.24, 2.45) is 0 Å². The number of halogens is 1. The molecular formula is C22H28ClNO8. The van der Waals surface area contributed by atoms with E-state index in [1.807, 2.05) is 6.92 Å². The van der Waals surface area contributed by atoms with Crippen LogP contribution in [0.15, 0.2) is 17.9 Å². The lowest BCUT2D eigenvalue weighted by atomic mass is 9.92. The molecule has 0 amide bonds. The highest BCUT2D eigenvalue weighted by Crippen LogP contribution is 2.45. The molecule has 0 saturated carbocycles. The van der Waals surface area contributed by atoms with Gasteiger partial charge in [-0.1, -0.05) is 11.6 Å². The second-order valence-corrected chi connectivity index (χ2v) is 8.49. The average Bonchev–Trinajstić information content (AvgIpc) is 3.02. The molecule has 1 unspecified atom stereocenters. The zero-order valence-electron chi connectivity index (χ0n) is 18.4. The van der Waals surface area contributed by atoms with Crippen molar-refractivity contribution in [3.63, 3.8) is 0 Å². The van der Waals surface area contributed by atoms with Crippen molar-refractivity contribution in [2.75, 3.05) is 40.1 Å². The normalized spacial score (nSPS) is 24.1. The maximum atomic E-state index is 12.4. The van der Waals surface area contributed by atoms with Gasteiger partial charge in [0.1, 0.15) is 23.3 Å². The molecule has 32 heavy (non-hydrogen) atoms. The number of nitrogens with one attached hydrogen (secondary N) is 1. The van der Waals surface area contributed by atoms with Gasteiger partial charge in [0.25, 0.3) is 0 Å². The van der Waals surface area contributed by atoms with Gasteiger partial charge in [-0.3, -0.25) is 5.32 Å². The average molecular weight is 470 g/mol. The van der Waals surface area contributed by atoms with Gasteiger partial charge in [-0.05, 0) is 31.5 Å². The van der Waals surface area contributed by atoms with Gasteiger partial charge < -0.3 is 33.5 Å². The van der Waals surface area contributed by atoms with Crippen LogP contribution in [0.2, 0.25) is 5.02 Å². The van der Waals surface area contributed by atoms with E-state index in [-0.39, 0.29) is 25.6 Å². The van der Waals surface area contributed by atoms with E-state index < -0.39 is 23.7 Å². The second kappa shape index (κ2) is 9.17. The molecule has 0 aliphatic carbocycles. The number of hydrogen-bond acceptors (Lipinski definition) is 9. The maximum absolute atomic E-state index is 12.4. The number of carbonyl (C=O) groups excluding carboxylic acids is 1. The monoisotopic (exact) mass is 469 g/mol. The van der Waals surface area contributed by atoms with Crippen LogP contribution in [-0.4, -0.2) is 69.0 Å². The molecule has 10 heteroatoms. The number of methoxy groups -OCH3 is 1. The highest BCUT2D eigenvalue weighted by molar-refractivity contribution is 6.30. The predicted molar refractivity (Wildman–Crippen MR) is 114 cm³/mol. The van der Waals surface area contributed by atoms with Crippen LogP contribution >= 0.6 is 11.6 Å². The lowest BCUT2D eigenvalue weighted by molar-refractivity contribution is -0.312. The standard InChI is InChI=1S/C22H28ClNO8/c1-4-29-20(26)32-18-17(16-13(2)9-14(23)10-15(16)27-3)19(25)24-21(18)11-30-22(31-12-21)5-7-28-8-6-22/h9-10,19,24-25H,4-8,11-12H2,1-3H3. The van der Waals surface area contributed by atoms with Crippen LogP contribution in [0.3, 0.4) is 0 Å². The molecule has 2 spiro atoms. The number of carbonyl (C=O) groups is 1. The first-order valence-electron chi connectivity index (χ1n) is 10.6. The summed E-state index contributed by atoms with van der Waals surface area (Å²) in [6, 6.07) is 3.39. The van der Waals surface area contributed by atoms with E-state index in [9.17, 15) is 9.90 Å². The molecule has 2 fully saturated rings. The van der Waals surface area contributed by atoms with Crippen LogP contribution in [-0.2, 0) is 23.7 Å². The van der Waals surface area contributed by atoms with Crippen LogP contribution < -0.4 is 10.1 Å². The number of aryl methyl sites for hydroxylation is 1. The zero-order chi connectivity index (χ0) is 22.9. The van der Waals surface area contributed by atoms with Gasteiger partial charge in [0, 0.05) is 29.0 Å². The largest absolute Gasteiger partial charge is 0.513 e. The number of benzene rings is 1. The highest BCUT2D eigenvalue weighted by atomic mass is 35.5. The molecule has 0 aromatic heterocycles. The molecule has 176 valence electrons. The van der Waals surface area contributed by atoms with Gasteiger partial charge in [0.05, 0.1) is 40.1 Å². The molecular weight excluding hydrogens is 442 g/mol. The first kappa shape index (κ1) is 23.3. The Morgan fingerprint density at radius 1 is 1.28 bits per heavy atom. The molecule has 0 radical (unpaired) electrons. The summed E-state index contributed by atoms with van der Waals surface area (Å²) in [5.41, 5.74) is 0.562. The van der Waals surface area contributed by atoms with E-state index in [1.54, 1.807) is 19.1 Å². The summed E-state index contributed by atoms with van der Waals surface area (Å²) in [6.07, 6.45) is -0.864. The van der Waals surface area contributed by atoms with Gasteiger partial charge in [-0.15, -0.1) is 0 Å². The van der Waals surface area contributed by atoms with Crippen molar-refractivity contribution in [3.8, 4) is 5.75 Å². The van der Waals surface area contributed by atoms with Crippen molar-refractivity contribution in [2.45, 2.75) is 44.2 Å². The predicted octanol–water partition coefficient (Wildman–Crippen LogP) is 2.76. The van der Waals surface area contributed by atoms with Gasteiger partial charge >= 0.3 is 6.16 Å². The van der Waals surface area contributed by atoms with Crippen molar-refractivity contribution >= 4 is 23.3 Å². The molecule has 3 heterocycles. The third-order valence-electron chi connectivity index (χ3n) is 5.98. The van der Waals surface area contributed by atoms with Gasteiger partial charge in [-0.2, -0.15) is 0 Å². The summed E-state index contributed by atoms with van der Waals surface area (Å²) in [5, 5.41) is 14.7. The molecule has 0 bridgehead atoms. The van der Waals surface area contributed by atoms with Crippen LogP contribution in [0.25, 0.3) is 5.57 Å². The fraction of sp³-hybridized carbons (Fsp3) is 0.591. The first-order chi connectivity index (χ1) is 15.3. The summed E-state index contributed by atoms with van der Waals surface area (Å²) in [5.74, 6) is -0.137. The van der Waals surface area contributed by atoms with E-state index in [2.05, 4.69) is 5.32 Å². The molecule has 4 rings (SSSR count). The van der Waals surface area contributed by atoms with E-state index in [0.717, 1.165) is 5.56 Å². The maximum Gasteiger partial charge on any atom is 0.513 e. The molecule has 3 aliphatic heterocycles. The van der Waals surface area contributed by atoms with E-state index in [0.29, 0.717) is 48.0 Å². The molecule has 1 aromatic rings. The number of aliphatic hydroxyl groups excluding tert-OH is 1. The minimum Gasteiger partial charge on any atom is -0.496 e. The molecule has 1 aromatic carbocycles. The summed E-state index contributed by atoms with van der Waals surface area (Å²) in [4.78, 5) is 12.4. The van der Waals surface area contributed by atoms with Gasteiger partial charge in [0.2, 0.25) is 0 Å². The van der Waals surface area contributed by atoms with Crippen LogP contribution in [0.4, 0.5) is 4.79 Å². The molecule has 1 atom stereocenters. The Kier molecular flexibility index (Phi) is 6.67. The highest BCUT2D eigenvalue weighted by Gasteiger charge is 2.55. The van der Waals surface area contributed by atoms with Crippen molar-refractivity contribution in [1.82, 2.24) is 5.32 Å². The van der Waals surface area contributed by atoms with Crippen molar-refractivity contribution in [3.05, 3.63) is 34.0 Å². The van der Waals surface area contributed by atoms with Crippen LogP contribution in [0.5, 0.6) is 5.75 Å². The Labute approximate surface area is 191 Å². The van der Waals surface area contributed by atoms with Crippen molar-refractivity contribution in [1.29, 1.82) is 0 Å². The molecule has 2 N–H and O–H groups in total. The summed E-state index contributed by atoms with van der Waals surface area (Å²) in [7, 11) is 1.51. The number of ether oxygens (including phenoxy) is 6. The van der Waals surface area contributed by atoms with Crippen LogP contribution in [0, 0.1) is 6.92 Å². The number of rotatable bonds is 4. The topological polar surface area (TPSA) is 105 Å². The molecule has 9 nitrogen and oxygen atoms in total. The smallest absolute Gasteiger partial charge is 0.496 e. The molecule has 2 saturated heterocycles. The Morgan fingerprint density at radius 2 is 1.97 bits per heavy atom. The lowest BCUT2D eigenvalue weighted by Crippen LogP contribution is -2.62. The quantitative estimate of drug-likeness (QED) is 0.644. The van der Waals surface area contributed by atoms with E-state index in [4.69, 9.17) is 40.0 Å². The van der Waals surface area contributed by atoms with Gasteiger partial charge in [0.15, 0.2) is 5.79 Å². The van der Waals surface area contributed by atoms with Gasteiger partial charge in [-0.25, -0.2) is 4.79 Å². The Bertz CT molecular complexity index is 901.